The van der Waals surface area contributed by atoms with Crippen molar-refractivity contribution in [1.29, 1.82) is 5.26 Å². The van der Waals surface area contributed by atoms with Crippen LogP contribution in [0.15, 0.2) is 36.4 Å². The van der Waals surface area contributed by atoms with Crippen LogP contribution < -0.4 is 5.32 Å². The van der Waals surface area contributed by atoms with Crippen LogP contribution in [-0.2, 0) is 29.3 Å². The first-order valence-electron chi connectivity index (χ1n) is 13.9. The van der Waals surface area contributed by atoms with Crippen LogP contribution in [0.3, 0.4) is 0 Å². The molecule has 4 atom stereocenters. The van der Waals surface area contributed by atoms with Crippen molar-refractivity contribution in [3.63, 3.8) is 0 Å². The van der Waals surface area contributed by atoms with Crippen molar-refractivity contribution in [2.75, 3.05) is 19.8 Å². The predicted molar refractivity (Wildman–Crippen MR) is 156 cm³/mol. The molecule has 0 aliphatic carbocycles. The third-order valence-electron chi connectivity index (χ3n) is 7.51. The molecule has 0 unspecified atom stereocenters. The standard InChI is InChI=1S/C28H27Cl2F5N2O5.C2HF3O2/c1-26(2,8-9-41-10-11-42-25(40)28(33,34)35)13-20-27(14-36,17-7-6-15(29)12-19(17)31)21(23(37-20)24(38)39)16-4-3-5-18(30)22(16)32;3-2(4,5)1(6)7/h3-7,12,20-21,23,37H,8-11,13H2,1-2H3,(H,38,39);(H,6,7)/t20-,21-,23+,27-;/m0./s1. The number of nitriles is 1. The Kier molecular flexibility index (Phi) is 13.8. The van der Waals surface area contributed by atoms with Crippen molar-refractivity contribution < 1.29 is 69.2 Å². The van der Waals surface area contributed by atoms with Crippen molar-refractivity contribution in [2.45, 2.75) is 62.5 Å². The quantitative estimate of drug-likeness (QED) is 0.128. The third kappa shape index (κ3) is 10.4. The van der Waals surface area contributed by atoms with E-state index < -0.39 is 77.3 Å². The normalized spacial score (nSPS) is 20.9. The molecule has 3 N–H and O–H groups in total. The minimum absolute atomic E-state index is 0.00680. The monoisotopic (exact) mass is 750 g/mol. The van der Waals surface area contributed by atoms with Gasteiger partial charge < -0.3 is 19.7 Å². The molecule has 1 fully saturated rings. The van der Waals surface area contributed by atoms with Crippen LogP contribution in [0, 0.1) is 28.4 Å². The lowest BCUT2D eigenvalue weighted by Gasteiger charge is -2.38. The number of nitrogens with one attached hydrogen (secondary N) is 1. The fourth-order valence-corrected chi connectivity index (χ4v) is 5.65. The molecule has 270 valence electrons. The van der Waals surface area contributed by atoms with Gasteiger partial charge in [-0.1, -0.05) is 55.2 Å². The van der Waals surface area contributed by atoms with Gasteiger partial charge in [-0.05, 0) is 42.0 Å². The average molecular weight is 751 g/mol. The molecule has 0 aromatic heterocycles. The number of carbonyl (C=O) groups is 3. The summed E-state index contributed by atoms with van der Waals surface area (Å²) in [4.78, 5) is 32.2. The number of halogens is 10. The average Bonchev–Trinajstić information content (AvgIpc) is 3.29. The molecular formula is C30H28Cl2F8N2O7. The Balaban J connectivity index is 0.00000107. The number of nitrogens with zero attached hydrogens (tertiary/aromatic N) is 1. The van der Waals surface area contributed by atoms with E-state index in [4.69, 9.17) is 37.8 Å². The molecule has 9 nitrogen and oxygen atoms in total. The fourth-order valence-electron chi connectivity index (χ4n) is 5.31. The summed E-state index contributed by atoms with van der Waals surface area (Å²) in [5.41, 5.74) is -3.04. The van der Waals surface area contributed by atoms with Crippen LogP contribution in [-0.4, -0.2) is 72.4 Å². The van der Waals surface area contributed by atoms with Crippen LogP contribution >= 0.6 is 23.2 Å². The molecule has 0 saturated carbocycles. The van der Waals surface area contributed by atoms with E-state index in [1.807, 2.05) is 0 Å². The molecule has 1 heterocycles. The first-order valence-corrected chi connectivity index (χ1v) is 14.7. The molecule has 2 aromatic rings. The molecule has 1 saturated heterocycles. The first-order chi connectivity index (χ1) is 22.5. The van der Waals surface area contributed by atoms with Crippen molar-refractivity contribution in [1.82, 2.24) is 5.32 Å². The zero-order valence-electron chi connectivity index (χ0n) is 25.4. The Morgan fingerprint density at radius 1 is 0.980 bits per heavy atom. The summed E-state index contributed by atoms with van der Waals surface area (Å²) in [6.45, 7) is 2.61. The second-order valence-corrected chi connectivity index (χ2v) is 12.3. The maximum absolute atomic E-state index is 15.5. The molecule has 19 heteroatoms. The highest BCUT2D eigenvalue weighted by Gasteiger charge is 2.61. The van der Waals surface area contributed by atoms with Crippen molar-refractivity contribution in [3.8, 4) is 6.07 Å². The van der Waals surface area contributed by atoms with Gasteiger partial charge in [0.25, 0.3) is 0 Å². The fraction of sp³-hybridized carbons (Fsp3) is 0.467. The summed E-state index contributed by atoms with van der Waals surface area (Å²) in [5, 5.41) is 30.6. The number of esters is 1. The van der Waals surface area contributed by atoms with E-state index >= 15 is 8.78 Å². The summed E-state index contributed by atoms with van der Waals surface area (Å²) in [6.07, 6.45) is -9.87. The lowest BCUT2D eigenvalue weighted by molar-refractivity contribution is -0.200. The van der Waals surface area contributed by atoms with Gasteiger partial charge in [0.05, 0.1) is 17.7 Å². The Hall–Kier alpha value is -3.72. The maximum atomic E-state index is 15.5. The molecule has 1 aliphatic heterocycles. The van der Waals surface area contributed by atoms with Gasteiger partial charge >= 0.3 is 30.3 Å². The van der Waals surface area contributed by atoms with Crippen LogP contribution in [0.4, 0.5) is 35.1 Å². The minimum Gasteiger partial charge on any atom is -0.480 e. The van der Waals surface area contributed by atoms with Gasteiger partial charge in [0.2, 0.25) is 0 Å². The van der Waals surface area contributed by atoms with Crippen molar-refractivity contribution >= 4 is 41.1 Å². The van der Waals surface area contributed by atoms with Gasteiger partial charge in [0, 0.05) is 29.2 Å². The molecule has 2 aromatic carbocycles. The molecular weight excluding hydrogens is 723 g/mol. The summed E-state index contributed by atoms with van der Waals surface area (Å²) < 4.78 is 109. The number of carboxylic acids is 2. The highest BCUT2D eigenvalue weighted by atomic mass is 35.5. The second kappa shape index (κ2) is 16.3. The largest absolute Gasteiger partial charge is 0.490 e. The summed E-state index contributed by atoms with van der Waals surface area (Å²) in [6, 6.07) is 7.14. The van der Waals surface area contributed by atoms with Gasteiger partial charge in [-0.15, -0.1) is 0 Å². The zero-order valence-corrected chi connectivity index (χ0v) is 26.9. The maximum Gasteiger partial charge on any atom is 0.490 e. The van der Waals surface area contributed by atoms with Crippen LogP contribution in [0.25, 0.3) is 0 Å². The van der Waals surface area contributed by atoms with Gasteiger partial charge in [0.1, 0.15) is 29.7 Å². The van der Waals surface area contributed by atoms with Gasteiger partial charge in [-0.2, -0.15) is 31.6 Å². The van der Waals surface area contributed by atoms with E-state index in [-0.39, 0.29) is 47.2 Å². The molecule has 1 aliphatic rings. The van der Waals surface area contributed by atoms with Gasteiger partial charge in [-0.25, -0.2) is 18.4 Å². The number of carbonyl (C=O) groups excluding carboxylic acids is 1. The smallest absolute Gasteiger partial charge is 0.480 e. The van der Waals surface area contributed by atoms with E-state index in [0.29, 0.717) is 0 Å². The summed E-state index contributed by atoms with van der Waals surface area (Å²) in [5.74, 6) is -9.73. The minimum atomic E-state index is -5.12. The number of aliphatic carboxylic acids is 2. The number of hydrogen-bond donors (Lipinski definition) is 3. The van der Waals surface area contributed by atoms with Gasteiger partial charge in [-0.3, -0.25) is 10.1 Å². The third-order valence-corrected chi connectivity index (χ3v) is 8.04. The number of alkyl halides is 6. The first kappa shape index (κ1) is 41.5. The lowest BCUT2D eigenvalue weighted by atomic mass is 9.62. The molecule has 0 spiro atoms. The highest BCUT2D eigenvalue weighted by Crippen LogP contribution is 2.53. The number of benzene rings is 2. The molecule has 0 bridgehead atoms. The molecule has 0 amide bonds. The van der Waals surface area contributed by atoms with Crippen molar-refractivity contribution in [3.05, 3.63) is 69.2 Å². The summed E-state index contributed by atoms with van der Waals surface area (Å²) >= 11 is 12.0. The van der Waals surface area contributed by atoms with E-state index in [0.717, 1.165) is 6.07 Å². The predicted octanol–water partition coefficient (Wildman–Crippen LogP) is 6.80. The van der Waals surface area contributed by atoms with E-state index in [1.54, 1.807) is 13.8 Å². The second-order valence-electron chi connectivity index (χ2n) is 11.4. The molecule has 49 heavy (non-hydrogen) atoms. The van der Waals surface area contributed by atoms with Crippen molar-refractivity contribution in [2.24, 2.45) is 5.41 Å². The van der Waals surface area contributed by atoms with Crippen LogP contribution in [0.1, 0.15) is 43.7 Å². The SMILES string of the molecule is CC(C)(CCOCCOC(=O)C(F)(F)F)C[C@@H]1N[C@@H](C(=O)O)[C@H](c2cccc(Cl)c2F)[C@@]1(C#N)c1ccc(Cl)cc1F.O=C(O)C(F)(F)F. The van der Waals surface area contributed by atoms with E-state index in [9.17, 15) is 46.3 Å². The highest BCUT2D eigenvalue weighted by molar-refractivity contribution is 6.31. The number of carboxylic acid groups (broad SMARTS) is 2. The van der Waals surface area contributed by atoms with Gasteiger partial charge in [0.15, 0.2) is 0 Å². The molecule has 0 radical (unpaired) electrons. The van der Waals surface area contributed by atoms with E-state index in [2.05, 4.69) is 16.1 Å². The Bertz CT molecular complexity index is 1570. The number of hydrogen-bond acceptors (Lipinski definition) is 7. The van der Waals surface area contributed by atoms with Crippen LogP contribution in [0.5, 0.6) is 0 Å². The Morgan fingerprint density at radius 3 is 2.10 bits per heavy atom. The van der Waals surface area contributed by atoms with E-state index in [1.165, 1.54) is 30.3 Å². The number of rotatable bonds is 11. The lowest BCUT2D eigenvalue weighted by Crippen LogP contribution is -2.45. The zero-order chi connectivity index (χ0) is 37.5. The summed E-state index contributed by atoms with van der Waals surface area (Å²) in [7, 11) is 0. The number of ether oxygens (including phenoxy) is 2. The van der Waals surface area contributed by atoms with Crippen LogP contribution in [0.2, 0.25) is 10.0 Å². The molecule has 3 rings (SSSR count). The topological polar surface area (TPSA) is 146 Å². The Labute approximate surface area is 283 Å². The Morgan fingerprint density at radius 2 is 1.59 bits per heavy atom.